The second kappa shape index (κ2) is 6.67. The van der Waals surface area contributed by atoms with Crippen molar-refractivity contribution in [3.63, 3.8) is 0 Å². The minimum Gasteiger partial charge on any atom is -0.370 e. The second-order valence-electron chi connectivity index (χ2n) is 5.67. The molecule has 2 fully saturated rings. The zero-order valence-corrected chi connectivity index (χ0v) is 13.1. The molecule has 5 nitrogen and oxygen atoms in total. The number of hydrogen-bond donors (Lipinski definition) is 0. The van der Waals surface area contributed by atoms with E-state index >= 15 is 0 Å². The van der Waals surface area contributed by atoms with Gasteiger partial charge in [-0.05, 0) is 24.1 Å². The highest BCUT2D eigenvalue weighted by atomic mass is 35.5. The molecule has 0 spiro atoms. The van der Waals surface area contributed by atoms with Crippen molar-refractivity contribution in [3.05, 3.63) is 34.9 Å². The summed E-state index contributed by atoms with van der Waals surface area (Å²) in [6.07, 6.45) is 1.27. The number of carbonyl (C=O) groups excluding carboxylic acids is 2. The predicted octanol–water partition coefficient (Wildman–Crippen LogP) is 1.86. The van der Waals surface area contributed by atoms with Gasteiger partial charge in [-0.15, -0.1) is 0 Å². The van der Waals surface area contributed by atoms with Gasteiger partial charge in [0.15, 0.2) is 0 Å². The number of nitrogens with zero attached hydrogens (tertiary/aromatic N) is 2. The fraction of sp³-hybridized carbons (Fsp3) is 0.500. The summed E-state index contributed by atoms with van der Waals surface area (Å²) in [5.74, 6) is 0.0772. The van der Waals surface area contributed by atoms with Crippen molar-refractivity contribution in [1.29, 1.82) is 0 Å². The number of likely N-dealkylation sites (tertiary alicyclic amines) is 1. The molecule has 0 unspecified atom stereocenters. The van der Waals surface area contributed by atoms with Crippen LogP contribution in [0, 0.1) is 0 Å². The third-order valence-electron chi connectivity index (χ3n) is 4.16. The summed E-state index contributed by atoms with van der Waals surface area (Å²) in [6, 6.07) is 7.49. The van der Waals surface area contributed by atoms with Gasteiger partial charge in [-0.25, -0.2) is 0 Å². The van der Waals surface area contributed by atoms with Gasteiger partial charge in [0.25, 0.3) is 0 Å². The Morgan fingerprint density at radius 1 is 1.27 bits per heavy atom. The highest BCUT2D eigenvalue weighted by Crippen LogP contribution is 2.24. The number of ether oxygens (including phenoxy) is 1. The molecule has 1 aromatic rings. The molecule has 3 rings (SSSR count). The fourth-order valence-electron chi connectivity index (χ4n) is 2.89. The van der Waals surface area contributed by atoms with Crippen molar-refractivity contribution in [2.45, 2.75) is 18.9 Å². The van der Waals surface area contributed by atoms with E-state index < -0.39 is 0 Å². The third kappa shape index (κ3) is 3.42. The molecular formula is C16H19ClN2O3. The molecule has 0 bridgehead atoms. The van der Waals surface area contributed by atoms with E-state index in [-0.39, 0.29) is 24.5 Å². The Kier molecular flexibility index (Phi) is 4.64. The van der Waals surface area contributed by atoms with Crippen LogP contribution in [0.3, 0.4) is 0 Å². The van der Waals surface area contributed by atoms with Crippen LogP contribution in [-0.4, -0.2) is 54.4 Å². The van der Waals surface area contributed by atoms with Gasteiger partial charge in [0, 0.05) is 24.5 Å². The number of morpholine rings is 1. The zero-order chi connectivity index (χ0) is 15.5. The smallest absolute Gasteiger partial charge is 0.242 e. The Morgan fingerprint density at radius 3 is 2.73 bits per heavy atom. The first-order valence-electron chi connectivity index (χ1n) is 7.56. The van der Waals surface area contributed by atoms with Crippen LogP contribution in [0.4, 0.5) is 0 Å². The van der Waals surface area contributed by atoms with E-state index in [9.17, 15) is 9.59 Å². The number of amides is 2. The normalized spacial score (nSPS) is 22.2. The second-order valence-corrected chi connectivity index (χ2v) is 6.11. The Bertz CT molecular complexity index is 561. The quantitative estimate of drug-likeness (QED) is 0.853. The minimum atomic E-state index is -0.135. The first-order valence-corrected chi connectivity index (χ1v) is 7.94. The molecular weight excluding hydrogens is 304 g/mol. The standard InChI is InChI=1S/C16H19ClN2O3/c17-13-5-3-12(4-6-13)14-10-19(8-9-22-14)16(21)11-18-7-1-2-15(18)20/h3-6,14H,1-2,7-11H2/t14-/m0/s1. The Hall–Kier alpha value is -1.59. The molecule has 2 aliphatic heterocycles. The van der Waals surface area contributed by atoms with Crippen molar-refractivity contribution in [2.75, 3.05) is 32.8 Å². The van der Waals surface area contributed by atoms with Crippen LogP contribution in [-0.2, 0) is 14.3 Å². The van der Waals surface area contributed by atoms with Crippen LogP contribution in [0.2, 0.25) is 5.02 Å². The third-order valence-corrected chi connectivity index (χ3v) is 4.41. The summed E-state index contributed by atoms with van der Waals surface area (Å²) >= 11 is 5.90. The maximum absolute atomic E-state index is 12.4. The molecule has 0 radical (unpaired) electrons. The topological polar surface area (TPSA) is 49.9 Å². The number of rotatable bonds is 3. The summed E-state index contributed by atoms with van der Waals surface area (Å²) in [5.41, 5.74) is 1.01. The summed E-state index contributed by atoms with van der Waals surface area (Å²) in [6.45, 7) is 2.47. The van der Waals surface area contributed by atoms with Crippen LogP contribution in [0.5, 0.6) is 0 Å². The average molecular weight is 323 g/mol. The molecule has 2 saturated heterocycles. The van der Waals surface area contributed by atoms with Gasteiger partial charge in [-0.2, -0.15) is 0 Å². The van der Waals surface area contributed by atoms with Gasteiger partial charge in [0.2, 0.25) is 11.8 Å². The Labute approximate surface area is 134 Å². The molecule has 6 heteroatoms. The average Bonchev–Trinajstić information content (AvgIpc) is 2.93. The molecule has 2 aliphatic rings. The Balaban J connectivity index is 1.61. The molecule has 0 N–H and O–H groups in total. The van der Waals surface area contributed by atoms with Gasteiger partial charge >= 0.3 is 0 Å². The lowest BCUT2D eigenvalue weighted by Crippen LogP contribution is -2.46. The van der Waals surface area contributed by atoms with E-state index in [1.54, 1.807) is 9.80 Å². The van der Waals surface area contributed by atoms with E-state index in [2.05, 4.69) is 0 Å². The van der Waals surface area contributed by atoms with Crippen molar-refractivity contribution in [1.82, 2.24) is 9.80 Å². The lowest BCUT2D eigenvalue weighted by molar-refractivity contribution is -0.143. The SMILES string of the molecule is O=C1CCCN1CC(=O)N1CCO[C@H](c2ccc(Cl)cc2)C1. The van der Waals surface area contributed by atoms with Crippen molar-refractivity contribution in [3.8, 4) is 0 Å². The maximum atomic E-state index is 12.4. The van der Waals surface area contributed by atoms with E-state index in [1.807, 2.05) is 24.3 Å². The monoisotopic (exact) mass is 322 g/mol. The van der Waals surface area contributed by atoms with Gasteiger partial charge in [0.05, 0.1) is 19.7 Å². The molecule has 0 saturated carbocycles. The van der Waals surface area contributed by atoms with Gasteiger partial charge in [-0.1, -0.05) is 23.7 Å². The summed E-state index contributed by atoms with van der Waals surface area (Å²) in [4.78, 5) is 27.4. The van der Waals surface area contributed by atoms with Crippen molar-refractivity contribution >= 4 is 23.4 Å². The van der Waals surface area contributed by atoms with Crippen LogP contribution >= 0.6 is 11.6 Å². The van der Waals surface area contributed by atoms with Crippen LogP contribution in [0.1, 0.15) is 24.5 Å². The number of halogens is 1. The first-order chi connectivity index (χ1) is 10.6. The summed E-state index contributed by atoms with van der Waals surface area (Å²) in [5, 5.41) is 0.681. The molecule has 1 aromatic carbocycles. The van der Waals surface area contributed by atoms with Crippen molar-refractivity contribution in [2.24, 2.45) is 0 Å². The molecule has 2 amide bonds. The Morgan fingerprint density at radius 2 is 2.05 bits per heavy atom. The van der Waals surface area contributed by atoms with E-state index in [0.29, 0.717) is 37.7 Å². The first kappa shape index (κ1) is 15.3. The lowest BCUT2D eigenvalue weighted by Gasteiger charge is -2.34. The minimum absolute atomic E-state index is 0.00230. The lowest BCUT2D eigenvalue weighted by atomic mass is 10.1. The number of benzene rings is 1. The zero-order valence-electron chi connectivity index (χ0n) is 12.3. The van der Waals surface area contributed by atoms with Gasteiger partial charge in [0.1, 0.15) is 6.10 Å². The van der Waals surface area contributed by atoms with Gasteiger partial charge < -0.3 is 14.5 Å². The van der Waals surface area contributed by atoms with Crippen LogP contribution in [0.15, 0.2) is 24.3 Å². The van der Waals surface area contributed by atoms with E-state index in [1.165, 1.54) is 0 Å². The highest BCUT2D eigenvalue weighted by Gasteiger charge is 2.29. The fourth-order valence-corrected chi connectivity index (χ4v) is 3.02. The van der Waals surface area contributed by atoms with E-state index in [4.69, 9.17) is 16.3 Å². The molecule has 118 valence electrons. The van der Waals surface area contributed by atoms with Crippen LogP contribution in [0.25, 0.3) is 0 Å². The molecule has 2 heterocycles. The van der Waals surface area contributed by atoms with Gasteiger partial charge in [-0.3, -0.25) is 9.59 Å². The molecule has 22 heavy (non-hydrogen) atoms. The predicted molar refractivity (Wildman–Crippen MR) is 82.5 cm³/mol. The molecule has 0 aliphatic carbocycles. The maximum Gasteiger partial charge on any atom is 0.242 e. The number of hydrogen-bond acceptors (Lipinski definition) is 3. The van der Waals surface area contributed by atoms with Crippen LogP contribution < -0.4 is 0 Å². The van der Waals surface area contributed by atoms with Crippen molar-refractivity contribution < 1.29 is 14.3 Å². The molecule has 1 atom stereocenters. The highest BCUT2D eigenvalue weighted by molar-refractivity contribution is 6.30. The van der Waals surface area contributed by atoms with E-state index in [0.717, 1.165) is 12.0 Å². The summed E-state index contributed by atoms with van der Waals surface area (Å²) < 4.78 is 5.76. The summed E-state index contributed by atoms with van der Waals surface area (Å²) in [7, 11) is 0. The largest absolute Gasteiger partial charge is 0.370 e. The number of carbonyl (C=O) groups is 2. The molecule has 0 aromatic heterocycles.